The number of benzene rings is 1. The molecular weight excluding hydrogens is 366 g/mol. The molecule has 27 heavy (non-hydrogen) atoms. The van der Waals surface area contributed by atoms with Gasteiger partial charge in [0.1, 0.15) is 0 Å². The Morgan fingerprint density at radius 2 is 1.78 bits per heavy atom. The molecule has 6 nitrogen and oxygen atoms in total. The monoisotopic (exact) mass is 393 g/mol. The highest BCUT2D eigenvalue weighted by molar-refractivity contribution is 7.91. The van der Waals surface area contributed by atoms with Gasteiger partial charge in [-0.05, 0) is 11.0 Å². The third-order valence-electron chi connectivity index (χ3n) is 5.30. The number of nitrogens with zero attached hydrogens (tertiary/aromatic N) is 1. The quantitative estimate of drug-likeness (QED) is 0.731. The number of carbonyl (C=O) groups excluding carboxylic acids is 2. The van der Waals surface area contributed by atoms with Gasteiger partial charge in [-0.3, -0.25) is 9.59 Å². The fraction of sp³-hybridized carbons (Fsp3) is 0.600. The molecule has 0 aliphatic carbocycles. The second-order valence-electron chi connectivity index (χ2n) is 8.39. The third kappa shape index (κ3) is 4.58. The highest BCUT2D eigenvalue weighted by atomic mass is 32.2. The Morgan fingerprint density at radius 1 is 1.11 bits per heavy atom. The van der Waals surface area contributed by atoms with Crippen LogP contribution in [0.15, 0.2) is 24.3 Å². The van der Waals surface area contributed by atoms with Gasteiger partial charge in [0.15, 0.2) is 15.6 Å². The minimum atomic E-state index is -3.17. The number of ketones is 1. The number of fused-ring (bicyclic) bond motifs is 1. The summed E-state index contributed by atoms with van der Waals surface area (Å²) in [5.41, 5.74) is 1.77. The molecular formula is C20H27NO5S. The topological polar surface area (TPSA) is 80.8 Å². The Morgan fingerprint density at radius 3 is 2.41 bits per heavy atom. The van der Waals surface area contributed by atoms with Gasteiger partial charge in [-0.2, -0.15) is 0 Å². The van der Waals surface area contributed by atoms with E-state index in [1.54, 1.807) is 4.90 Å². The molecule has 2 saturated heterocycles. The molecule has 2 unspecified atom stereocenters. The van der Waals surface area contributed by atoms with Crippen LogP contribution in [0.2, 0.25) is 0 Å². The number of hydrogen-bond acceptors (Lipinski definition) is 5. The molecule has 2 aliphatic heterocycles. The summed E-state index contributed by atoms with van der Waals surface area (Å²) in [6.45, 7) is 7.05. The Hall–Kier alpha value is -1.73. The van der Waals surface area contributed by atoms with Crippen molar-refractivity contribution in [2.24, 2.45) is 0 Å². The SMILES string of the molecule is CC(C)(C)c1ccc(C(=O)CCC(=O)N2CCOC3CS(=O)(=O)CC32)cc1. The second-order valence-corrected chi connectivity index (χ2v) is 10.5. The largest absolute Gasteiger partial charge is 0.373 e. The van der Waals surface area contributed by atoms with Crippen molar-refractivity contribution < 1.29 is 22.7 Å². The molecule has 3 rings (SSSR count). The van der Waals surface area contributed by atoms with Crippen LogP contribution in [0.4, 0.5) is 0 Å². The average molecular weight is 394 g/mol. The first-order valence-corrected chi connectivity index (χ1v) is 11.1. The zero-order chi connectivity index (χ0) is 19.8. The van der Waals surface area contributed by atoms with Crippen molar-refractivity contribution in [3.05, 3.63) is 35.4 Å². The zero-order valence-corrected chi connectivity index (χ0v) is 16.9. The van der Waals surface area contributed by atoms with E-state index in [4.69, 9.17) is 4.74 Å². The molecule has 1 amide bonds. The minimum Gasteiger partial charge on any atom is -0.373 e. The van der Waals surface area contributed by atoms with E-state index in [-0.39, 0.29) is 41.5 Å². The van der Waals surface area contributed by atoms with E-state index in [1.165, 1.54) is 0 Å². The first-order valence-electron chi connectivity index (χ1n) is 9.32. The molecule has 0 bridgehead atoms. The van der Waals surface area contributed by atoms with Gasteiger partial charge in [-0.15, -0.1) is 0 Å². The number of morpholine rings is 1. The molecule has 0 aromatic heterocycles. The number of amides is 1. The lowest BCUT2D eigenvalue weighted by molar-refractivity contribution is -0.142. The van der Waals surface area contributed by atoms with Crippen molar-refractivity contribution in [3.8, 4) is 0 Å². The van der Waals surface area contributed by atoms with E-state index >= 15 is 0 Å². The fourth-order valence-electron chi connectivity index (χ4n) is 3.69. The molecule has 0 saturated carbocycles. The molecule has 2 aliphatic rings. The number of hydrogen-bond donors (Lipinski definition) is 0. The van der Waals surface area contributed by atoms with E-state index in [0.29, 0.717) is 18.7 Å². The van der Waals surface area contributed by atoms with Crippen LogP contribution in [-0.2, 0) is 24.8 Å². The molecule has 0 radical (unpaired) electrons. The molecule has 2 heterocycles. The van der Waals surface area contributed by atoms with Crippen LogP contribution in [0.1, 0.15) is 49.5 Å². The van der Waals surface area contributed by atoms with Gasteiger partial charge in [-0.25, -0.2) is 8.42 Å². The van der Waals surface area contributed by atoms with Gasteiger partial charge in [0.2, 0.25) is 5.91 Å². The summed E-state index contributed by atoms with van der Waals surface area (Å²) >= 11 is 0. The lowest BCUT2D eigenvalue weighted by Gasteiger charge is -2.36. The predicted octanol–water partition coefficient (Wildman–Crippen LogP) is 1.97. The van der Waals surface area contributed by atoms with Crippen molar-refractivity contribution >= 4 is 21.5 Å². The van der Waals surface area contributed by atoms with Crippen molar-refractivity contribution in [1.82, 2.24) is 4.90 Å². The van der Waals surface area contributed by atoms with Crippen LogP contribution in [0, 0.1) is 0 Å². The maximum Gasteiger partial charge on any atom is 0.223 e. The van der Waals surface area contributed by atoms with Crippen LogP contribution in [-0.4, -0.2) is 61.8 Å². The van der Waals surface area contributed by atoms with E-state index in [9.17, 15) is 18.0 Å². The van der Waals surface area contributed by atoms with Crippen molar-refractivity contribution in [2.75, 3.05) is 24.7 Å². The van der Waals surface area contributed by atoms with Crippen LogP contribution >= 0.6 is 0 Å². The van der Waals surface area contributed by atoms with Crippen molar-refractivity contribution in [2.45, 2.75) is 51.2 Å². The summed E-state index contributed by atoms with van der Waals surface area (Å²) in [5.74, 6) is -0.329. The smallest absolute Gasteiger partial charge is 0.223 e. The Kier molecular flexibility index (Phi) is 5.45. The zero-order valence-electron chi connectivity index (χ0n) is 16.1. The first kappa shape index (κ1) is 20.0. The fourth-order valence-corrected chi connectivity index (χ4v) is 5.56. The van der Waals surface area contributed by atoms with Gasteiger partial charge in [0.05, 0.1) is 30.3 Å². The van der Waals surface area contributed by atoms with E-state index in [1.807, 2.05) is 24.3 Å². The highest BCUT2D eigenvalue weighted by Gasteiger charge is 2.45. The number of rotatable bonds is 4. The Balaban J connectivity index is 1.59. The van der Waals surface area contributed by atoms with E-state index in [2.05, 4.69) is 20.8 Å². The summed E-state index contributed by atoms with van der Waals surface area (Å²) in [7, 11) is -3.17. The maximum atomic E-state index is 12.6. The second kappa shape index (κ2) is 7.36. The van der Waals surface area contributed by atoms with Crippen molar-refractivity contribution in [3.63, 3.8) is 0 Å². The summed E-state index contributed by atoms with van der Waals surface area (Å²) in [4.78, 5) is 26.6. The van der Waals surface area contributed by atoms with Gasteiger partial charge in [0.25, 0.3) is 0 Å². The van der Waals surface area contributed by atoms with Crippen LogP contribution < -0.4 is 0 Å². The standard InChI is InChI=1S/C20H27NO5S/c1-20(2,3)15-6-4-14(5-7-15)17(22)8-9-19(23)21-10-11-26-18-13-27(24,25)12-16(18)21/h4-7,16,18H,8-13H2,1-3H3. The molecule has 7 heteroatoms. The number of ether oxygens (including phenoxy) is 1. The van der Waals surface area contributed by atoms with Gasteiger partial charge in [0, 0.05) is 24.9 Å². The normalized spacial score (nSPS) is 24.5. The highest BCUT2D eigenvalue weighted by Crippen LogP contribution is 2.26. The molecule has 0 spiro atoms. The molecule has 2 fully saturated rings. The Labute approximate surface area is 160 Å². The first-order chi connectivity index (χ1) is 12.6. The van der Waals surface area contributed by atoms with Gasteiger partial charge < -0.3 is 9.64 Å². The predicted molar refractivity (Wildman–Crippen MR) is 103 cm³/mol. The molecule has 1 aromatic rings. The van der Waals surface area contributed by atoms with Crippen molar-refractivity contribution in [1.29, 1.82) is 0 Å². The third-order valence-corrected chi connectivity index (χ3v) is 6.98. The van der Waals surface area contributed by atoms with Crippen LogP contribution in [0.3, 0.4) is 0 Å². The lowest BCUT2D eigenvalue weighted by Crippen LogP contribution is -2.53. The molecule has 0 N–H and O–H groups in total. The summed E-state index contributed by atoms with van der Waals surface area (Å²) < 4.78 is 29.2. The number of carbonyl (C=O) groups is 2. The van der Waals surface area contributed by atoms with Crippen LogP contribution in [0.25, 0.3) is 0 Å². The minimum absolute atomic E-state index is 0.0199. The lowest BCUT2D eigenvalue weighted by atomic mass is 9.86. The summed E-state index contributed by atoms with van der Waals surface area (Å²) in [6.07, 6.45) is -0.230. The number of sulfone groups is 1. The Bertz CT molecular complexity index is 823. The van der Waals surface area contributed by atoms with Gasteiger partial charge in [-0.1, -0.05) is 45.0 Å². The van der Waals surface area contributed by atoms with Crippen LogP contribution in [0.5, 0.6) is 0 Å². The van der Waals surface area contributed by atoms with Gasteiger partial charge >= 0.3 is 0 Å². The van der Waals surface area contributed by atoms with E-state index in [0.717, 1.165) is 5.56 Å². The molecule has 1 aromatic carbocycles. The average Bonchev–Trinajstić information content (AvgIpc) is 2.92. The molecule has 2 atom stereocenters. The summed E-state index contributed by atoms with van der Waals surface area (Å²) in [6, 6.07) is 7.09. The van der Waals surface area contributed by atoms with E-state index < -0.39 is 22.0 Å². The number of Topliss-reactive ketones (excluding diaryl/α,β-unsaturated/α-hetero) is 1. The summed E-state index contributed by atoms with van der Waals surface area (Å²) in [5, 5.41) is 0. The molecule has 148 valence electrons. The maximum absolute atomic E-state index is 12.6.